The monoisotopic (exact) mass is 212 g/mol. The summed E-state index contributed by atoms with van der Waals surface area (Å²) in [6.07, 6.45) is 0.880. The smallest absolute Gasteiger partial charge is 0.143 e. The zero-order valence-electron chi connectivity index (χ0n) is 7.25. The van der Waals surface area contributed by atoms with Crippen LogP contribution in [0.4, 0.5) is 0 Å². The van der Waals surface area contributed by atoms with Gasteiger partial charge in [-0.25, -0.2) is 0 Å². The number of thioether (sulfide) groups is 1. The van der Waals surface area contributed by atoms with E-state index in [9.17, 15) is 0 Å². The van der Waals surface area contributed by atoms with Crippen molar-refractivity contribution in [3.8, 4) is 11.8 Å². The largest absolute Gasteiger partial charge is 0.151 e. The van der Waals surface area contributed by atoms with E-state index in [1.807, 2.05) is 13.0 Å². The Balaban J connectivity index is 2.36. The van der Waals surface area contributed by atoms with Gasteiger partial charge in [-0.15, -0.1) is 33.8 Å². The van der Waals surface area contributed by atoms with Gasteiger partial charge in [0.2, 0.25) is 0 Å². The summed E-state index contributed by atoms with van der Waals surface area (Å²) in [7, 11) is 0. The van der Waals surface area contributed by atoms with Crippen molar-refractivity contribution in [3.63, 3.8) is 0 Å². The van der Waals surface area contributed by atoms with Gasteiger partial charge >= 0.3 is 0 Å². The maximum atomic E-state index is 5.59. The molecule has 1 aromatic heterocycles. The summed E-state index contributed by atoms with van der Waals surface area (Å²) in [5.41, 5.74) is 0. The molecule has 2 nitrogen and oxygen atoms in total. The van der Waals surface area contributed by atoms with Crippen LogP contribution in [-0.4, -0.2) is 16.0 Å². The molecule has 0 unspecified atom stereocenters. The SMILES string of the molecule is CC#CCCSc1ccc(Cl)nn1. The third-order valence-electron chi connectivity index (χ3n) is 1.26. The minimum atomic E-state index is 0.428. The van der Waals surface area contributed by atoms with Crippen LogP contribution in [0.3, 0.4) is 0 Å². The van der Waals surface area contributed by atoms with Crippen molar-refractivity contribution in [2.75, 3.05) is 5.75 Å². The molecule has 1 heterocycles. The van der Waals surface area contributed by atoms with E-state index in [0.717, 1.165) is 17.2 Å². The van der Waals surface area contributed by atoms with Crippen molar-refractivity contribution in [1.82, 2.24) is 10.2 Å². The third-order valence-corrected chi connectivity index (χ3v) is 2.38. The molecule has 0 spiro atoms. The summed E-state index contributed by atoms with van der Waals surface area (Å²) in [5, 5.41) is 8.96. The molecule has 0 aliphatic rings. The van der Waals surface area contributed by atoms with E-state index in [-0.39, 0.29) is 0 Å². The van der Waals surface area contributed by atoms with Crippen molar-refractivity contribution in [1.29, 1.82) is 0 Å². The lowest BCUT2D eigenvalue weighted by Crippen LogP contribution is -1.85. The molecule has 0 aliphatic heterocycles. The molecule has 13 heavy (non-hydrogen) atoms. The average Bonchev–Trinajstić information content (AvgIpc) is 2.15. The minimum Gasteiger partial charge on any atom is -0.143 e. The van der Waals surface area contributed by atoms with Gasteiger partial charge in [-0.05, 0) is 19.1 Å². The zero-order valence-corrected chi connectivity index (χ0v) is 8.82. The van der Waals surface area contributed by atoms with Gasteiger partial charge in [0.1, 0.15) is 5.03 Å². The second-order valence-corrected chi connectivity index (χ2v) is 3.72. The fourth-order valence-corrected chi connectivity index (χ4v) is 1.49. The lowest BCUT2D eigenvalue weighted by atomic mass is 10.5. The number of aromatic nitrogens is 2. The first kappa shape index (κ1) is 10.4. The first-order valence-electron chi connectivity index (χ1n) is 3.84. The van der Waals surface area contributed by atoms with Gasteiger partial charge in [0.15, 0.2) is 5.15 Å². The van der Waals surface area contributed by atoms with Crippen LogP contribution in [-0.2, 0) is 0 Å². The highest BCUT2D eigenvalue weighted by Gasteiger charge is 1.95. The normalized spacial score (nSPS) is 9.08. The van der Waals surface area contributed by atoms with Crippen LogP contribution in [0.15, 0.2) is 17.2 Å². The molecule has 0 radical (unpaired) electrons. The second-order valence-electron chi connectivity index (χ2n) is 2.22. The van der Waals surface area contributed by atoms with Crippen LogP contribution in [0, 0.1) is 11.8 Å². The minimum absolute atomic E-state index is 0.428. The Labute approximate surface area is 87.1 Å². The quantitative estimate of drug-likeness (QED) is 0.438. The van der Waals surface area contributed by atoms with Gasteiger partial charge in [0, 0.05) is 12.2 Å². The predicted octanol–water partition coefficient (Wildman–Crippen LogP) is 2.64. The highest BCUT2D eigenvalue weighted by Crippen LogP contribution is 2.15. The van der Waals surface area contributed by atoms with E-state index < -0.39 is 0 Å². The molecule has 0 N–H and O–H groups in total. The summed E-state index contributed by atoms with van der Waals surface area (Å²) >= 11 is 7.22. The van der Waals surface area contributed by atoms with Crippen LogP contribution in [0.5, 0.6) is 0 Å². The number of halogens is 1. The summed E-state index contributed by atoms with van der Waals surface area (Å²) in [6, 6.07) is 3.60. The standard InChI is InChI=1S/C9H9ClN2S/c1-2-3-4-7-13-9-6-5-8(10)11-12-9/h5-6H,4,7H2,1H3. The molecular weight excluding hydrogens is 204 g/mol. The van der Waals surface area contributed by atoms with E-state index in [0.29, 0.717) is 5.15 Å². The third kappa shape index (κ3) is 4.16. The van der Waals surface area contributed by atoms with Crippen LogP contribution < -0.4 is 0 Å². The zero-order chi connectivity index (χ0) is 9.52. The Morgan fingerprint density at radius 3 is 2.92 bits per heavy atom. The molecule has 1 aromatic rings. The van der Waals surface area contributed by atoms with Crippen LogP contribution >= 0.6 is 23.4 Å². The molecule has 0 amide bonds. The molecular formula is C9H9ClN2S. The van der Waals surface area contributed by atoms with Gasteiger partial charge in [-0.3, -0.25) is 0 Å². The van der Waals surface area contributed by atoms with Crippen molar-refractivity contribution in [3.05, 3.63) is 17.3 Å². The summed E-state index contributed by atoms with van der Waals surface area (Å²) in [5.74, 6) is 6.77. The van der Waals surface area contributed by atoms with Gasteiger partial charge in [-0.1, -0.05) is 11.6 Å². The average molecular weight is 213 g/mol. The van der Waals surface area contributed by atoms with Crippen LogP contribution in [0.25, 0.3) is 0 Å². The van der Waals surface area contributed by atoms with Gasteiger partial charge in [-0.2, -0.15) is 0 Å². The molecule has 68 valence electrons. The molecule has 0 atom stereocenters. The molecule has 4 heteroatoms. The fraction of sp³-hybridized carbons (Fsp3) is 0.333. The van der Waals surface area contributed by atoms with Crippen LogP contribution in [0.1, 0.15) is 13.3 Å². The Morgan fingerprint density at radius 1 is 1.46 bits per heavy atom. The Hall–Kier alpha value is -0.720. The van der Waals surface area contributed by atoms with Gasteiger partial charge in [0.25, 0.3) is 0 Å². The Morgan fingerprint density at radius 2 is 2.31 bits per heavy atom. The number of nitrogens with zero attached hydrogens (tertiary/aromatic N) is 2. The maximum Gasteiger partial charge on any atom is 0.151 e. The van der Waals surface area contributed by atoms with Crippen molar-refractivity contribution in [2.24, 2.45) is 0 Å². The summed E-state index contributed by atoms with van der Waals surface area (Å²) in [6.45, 7) is 1.84. The van der Waals surface area contributed by atoms with E-state index >= 15 is 0 Å². The first-order chi connectivity index (χ1) is 6.33. The van der Waals surface area contributed by atoms with E-state index in [1.165, 1.54) is 0 Å². The predicted molar refractivity (Wildman–Crippen MR) is 55.8 cm³/mol. The van der Waals surface area contributed by atoms with Gasteiger partial charge in [0.05, 0.1) is 0 Å². The Bertz CT molecular complexity index is 313. The molecule has 0 bridgehead atoms. The number of rotatable bonds is 3. The highest BCUT2D eigenvalue weighted by molar-refractivity contribution is 7.99. The van der Waals surface area contributed by atoms with E-state index in [4.69, 9.17) is 11.6 Å². The lowest BCUT2D eigenvalue weighted by molar-refractivity contribution is 0.929. The van der Waals surface area contributed by atoms with Gasteiger partial charge < -0.3 is 0 Å². The highest BCUT2D eigenvalue weighted by atomic mass is 35.5. The molecule has 0 fully saturated rings. The molecule has 1 rings (SSSR count). The topological polar surface area (TPSA) is 25.8 Å². The number of hydrogen-bond acceptors (Lipinski definition) is 3. The van der Waals surface area contributed by atoms with E-state index in [2.05, 4.69) is 22.0 Å². The Kier molecular flexibility index (Phi) is 4.66. The fourth-order valence-electron chi connectivity index (χ4n) is 0.712. The molecule has 0 aromatic carbocycles. The second kappa shape index (κ2) is 5.85. The van der Waals surface area contributed by atoms with Crippen molar-refractivity contribution >= 4 is 23.4 Å². The van der Waals surface area contributed by atoms with E-state index in [1.54, 1.807) is 17.8 Å². The molecule has 0 saturated heterocycles. The molecule has 0 saturated carbocycles. The molecule has 0 aliphatic carbocycles. The van der Waals surface area contributed by atoms with Crippen LogP contribution in [0.2, 0.25) is 5.15 Å². The lowest BCUT2D eigenvalue weighted by Gasteiger charge is -1.95. The van der Waals surface area contributed by atoms with Crippen molar-refractivity contribution < 1.29 is 0 Å². The summed E-state index contributed by atoms with van der Waals surface area (Å²) < 4.78 is 0. The number of hydrogen-bond donors (Lipinski definition) is 0. The van der Waals surface area contributed by atoms with Crippen molar-refractivity contribution in [2.45, 2.75) is 18.4 Å². The maximum absolute atomic E-state index is 5.59. The summed E-state index contributed by atoms with van der Waals surface area (Å²) in [4.78, 5) is 0. The first-order valence-corrected chi connectivity index (χ1v) is 5.21.